The maximum absolute atomic E-state index is 5.81. The largest absolute Gasteiger partial charge is 0.210 e. The first kappa shape index (κ1) is 9.80. The van der Waals surface area contributed by atoms with Crippen LogP contribution in [-0.2, 0) is 0 Å². The average molecular weight is 230 g/mol. The summed E-state index contributed by atoms with van der Waals surface area (Å²) >= 11 is 11.6. The summed E-state index contributed by atoms with van der Waals surface area (Å²) in [5.74, 6) is 0. The molecule has 0 amide bonds. The fraction of sp³-hybridized carbons (Fsp3) is 0.111. The first-order valence-corrected chi connectivity index (χ1v) is 4.84. The highest BCUT2D eigenvalue weighted by Crippen LogP contribution is 2.20. The van der Waals surface area contributed by atoms with Gasteiger partial charge in [0.05, 0.1) is 6.54 Å². The number of nitrogens with one attached hydrogen (secondary N) is 1. The van der Waals surface area contributed by atoms with Crippen LogP contribution in [0.25, 0.3) is 5.57 Å². The minimum absolute atomic E-state index is 0.606. The highest BCUT2D eigenvalue weighted by molar-refractivity contribution is 6.16. The molecule has 2 rings (SSSR count). The molecule has 0 aromatic heterocycles. The molecule has 0 spiro atoms. The third-order valence-electron chi connectivity index (χ3n) is 1.93. The van der Waals surface area contributed by atoms with Crippen molar-refractivity contribution in [2.24, 2.45) is 0 Å². The Morgan fingerprint density at radius 3 is 2.50 bits per heavy atom. The van der Waals surface area contributed by atoms with Crippen molar-refractivity contribution < 1.29 is 0 Å². The first-order valence-electron chi connectivity index (χ1n) is 4.16. The molecule has 1 aromatic carbocycles. The predicted molar refractivity (Wildman–Crippen MR) is 57.8 cm³/mol. The van der Waals surface area contributed by atoms with E-state index >= 15 is 0 Å². The summed E-state index contributed by atoms with van der Waals surface area (Å²) in [5.41, 5.74) is 4.88. The van der Waals surface area contributed by atoms with Gasteiger partial charge < -0.3 is 0 Å². The topological polar surface area (TPSA) is 18.5 Å². The van der Waals surface area contributed by atoms with Crippen molar-refractivity contribution in [3.63, 3.8) is 0 Å². The molecule has 0 bridgehead atoms. The second-order valence-corrected chi connectivity index (χ2v) is 3.72. The van der Waals surface area contributed by atoms with E-state index in [1.54, 1.807) is 6.20 Å². The molecule has 0 atom stereocenters. The quantitative estimate of drug-likeness (QED) is 0.747. The van der Waals surface area contributed by atoms with Gasteiger partial charge in [0.1, 0.15) is 0 Å². The van der Waals surface area contributed by atoms with Crippen molar-refractivity contribution >= 4 is 29.1 Å². The molecule has 0 radical (unpaired) electrons. The van der Waals surface area contributed by atoms with E-state index in [9.17, 15) is 0 Å². The molecular formula is C9H9Cl2N3. The van der Waals surface area contributed by atoms with E-state index < -0.39 is 0 Å². The van der Waals surface area contributed by atoms with Gasteiger partial charge in [-0.1, -0.05) is 30.3 Å². The third kappa shape index (κ3) is 2.19. The second-order valence-electron chi connectivity index (χ2n) is 2.95. The minimum Gasteiger partial charge on any atom is -0.210 e. The Bertz CT molecular complexity index is 339. The lowest BCUT2D eigenvalue weighted by Gasteiger charge is -2.27. The van der Waals surface area contributed by atoms with Crippen LogP contribution in [0.15, 0.2) is 36.5 Å². The zero-order valence-electron chi connectivity index (χ0n) is 7.32. The molecule has 0 saturated carbocycles. The fourth-order valence-corrected chi connectivity index (χ4v) is 1.77. The number of nitrogens with zero attached hydrogens (tertiary/aromatic N) is 2. The molecule has 14 heavy (non-hydrogen) atoms. The van der Waals surface area contributed by atoms with Crippen LogP contribution in [0.2, 0.25) is 0 Å². The zero-order valence-corrected chi connectivity index (χ0v) is 8.83. The van der Waals surface area contributed by atoms with E-state index in [4.69, 9.17) is 23.6 Å². The van der Waals surface area contributed by atoms with Gasteiger partial charge in [-0.15, -0.1) is 10.1 Å². The van der Waals surface area contributed by atoms with E-state index in [0.29, 0.717) is 6.54 Å². The highest BCUT2D eigenvalue weighted by Gasteiger charge is 2.15. The van der Waals surface area contributed by atoms with Crippen LogP contribution in [0.5, 0.6) is 0 Å². The van der Waals surface area contributed by atoms with E-state index in [2.05, 4.69) is 5.53 Å². The summed E-state index contributed by atoms with van der Waals surface area (Å²) in [6.07, 6.45) is 1.80. The van der Waals surface area contributed by atoms with Crippen molar-refractivity contribution in [3.8, 4) is 0 Å². The summed E-state index contributed by atoms with van der Waals surface area (Å²) in [6.45, 7) is 0.606. The molecule has 1 heterocycles. The van der Waals surface area contributed by atoms with Gasteiger partial charge in [0.2, 0.25) is 0 Å². The molecule has 74 valence electrons. The molecule has 0 unspecified atom stereocenters. The van der Waals surface area contributed by atoms with Gasteiger partial charge in [0.15, 0.2) is 0 Å². The molecule has 5 heteroatoms. The van der Waals surface area contributed by atoms with Gasteiger partial charge in [-0.25, -0.2) is 4.53 Å². The van der Waals surface area contributed by atoms with Crippen LogP contribution < -0.4 is 5.53 Å². The fourth-order valence-electron chi connectivity index (χ4n) is 1.31. The van der Waals surface area contributed by atoms with Crippen molar-refractivity contribution in [2.45, 2.75) is 0 Å². The monoisotopic (exact) mass is 229 g/mol. The molecule has 0 fully saturated rings. The SMILES string of the molecule is ClN1C=C(c2ccccc2)CN(Cl)N1. The Morgan fingerprint density at radius 1 is 1.14 bits per heavy atom. The zero-order chi connectivity index (χ0) is 9.97. The maximum atomic E-state index is 5.81. The number of hydrogen-bond acceptors (Lipinski definition) is 3. The summed E-state index contributed by atoms with van der Waals surface area (Å²) < 4.78 is 2.70. The number of rotatable bonds is 1. The highest BCUT2D eigenvalue weighted by atomic mass is 35.5. The second kappa shape index (κ2) is 4.19. The van der Waals surface area contributed by atoms with E-state index in [1.165, 1.54) is 9.06 Å². The van der Waals surface area contributed by atoms with Crippen molar-refractivity contribution in [3.05, 3.63) is 42.1 Å². The van der Waals surface area contributed by atoms with Gasteiger partial charge in [0.25, 0.3) is 0 Å². The number of hydrogen-bond donors (Lipinski definition) is 1. The third-order valence-corrected chi connectivity index (χ3v) is 2.30. The van der Waals surface area contributed by atoms with Gasteiger partial charge in [-0.3, -0.25) is 0 Å². The van der Waals surface area contributed by atoms with Gasteiger partial charge in [-0.05, 0) is 22.9 Å². The smallest absolute Gasteiger partial charge is 0.0586 e. The minimum atomic E-state index is 0.606. The lowest BCUT2D eigenvalue weighted by atomic mass is 10.1. The molecule has 0 aliphatic carbocycles. The van der Waals surface area contributed by atoms with Crippen LogP contribution in [0.3, 0.4) is 0 Å². The van der Waals surface area contributed by atoms with E-state index in [0.717, 1.165) is 11.1 Å². The summed E-state index contributed by atoms with van der Waals surface area (Å²) in [5, 5.41) is 0. The molecule has 1 aliphatic heterocycles. The Kier molecular flexibility index (Phi) is 2.93. The lowest BCUT2D eigenvalue weighted by molar-refractivity contribution is 0.224. The van der Waals surface area contributed by atoms with Crippen LogP contribution in [0, 0.1) is 0 Å². The van der Waals surface area contributed by atoms with E-state index in [1.807, 2.05) is 30.3 Å². The Balaban J connectivity index is 2.26. The van der Waals surface area contributed by atoms with Crippen LogP contribution in [0.1, 0.15) is 5.56 Å². The Labute approximate surface area is 92.7 Å². The standard InChI is InChI=1S/C9H9Cl2N3/c10-13-6-9(7-14(11)12-13)8-4-2-1-3-5-8/h1-6,12H,7H2. The van der Waals surface area contributed by atoms with Crippen LogP contribution >= 0.6 is 23.6 Å². The molecule has 0 saturated heterocycles. The Hall–Kier alpha value is -0.740. The summed E-state index contributed by atoms with van der Waals surface area (Å²) in [4.78, 5) is 0. The number of benzene rings is 1. The maximum Gasteiger partial charge on any atom is 0.0586 e. The van der Waals surface area contributed by atoms with Gasteiger partial charge in [0, 0.05) is 18.0 Å². The van der Waals surface area contributed by atoms with Crippen LogP contribution in [-0.4, -0.2) is 15.6 Å². The van der Waals surface area contributed by atoms with Gasteiger partial charge >= 0.3 is 0 Å². The number of halogens is 2. The normalized spacial score (nSPS) is 18.1. The molecule has 3 nitrogen and oxygen atoms in total. The molecule has 1 aliphatic rings. The average Bonchev–Trinajstić information content (AvgIpc) is 2.18. The molecular weight excluding hydrogens is 221 g/mol. The van der Waals surface area contributed by atoms with Crippen LogP contribution in [0.4, 0.5) is 0 Å². The number of hydrazine groups is 2. The molecule has 1 N–H and O–H groups in total. The van der Waals surface area contributed by atoms with Crippen molar-refractivity contribution in [1.29, 1.82) is 0 Å². The lowest BCUT2D eigenvalue weighted by Crippen LogP contribution is -2.41. The summed E-state index contributed by atoms with van der Waals surface area (Å²) in [7, 11) is 0. The van der Waals surface area contributed by atoms with Crippen molar-refractivity contribution in [1.82, 2.24) is 14.6 Å². The van der Waals surface area contributed by atoms with Gasteiger partial charge in [-0.2, -0.15) is 0 Å². The van der Waals surface area contributed by atoms with Crippen molar-refractivity contribution in [2.75, 3.05) is 6.54 Å². The first-order chi connectivity index (χ1) is 6.75. The Morgan fingerprint density at radius 2 is 1.86 bits per heavy atom. The van der Waals surface area contributed by atoms with E-state index in [-0.39, 0.29) is 0 Å². The predicted octanol–water partition coefficient (Wildman–Crippen LogP) is 2.37. The molecule has 1 aromatic rings. The summed E-state index contributed by atoms with van der Waals surface area (Å²) in [6, 6.07) is 9.98.